The van der Waals surface area contributed by atoms with E-state index in [4.69, 9.17) is 9.97 Å². The molecule has 0 spiro atoms. The van der Waals surface area contributed by atoms with Crippen LogP contribution >= 0.6 is 0 Å². The number of aromatic nitrogens is 4. The number of aromatic amines is 1. The predicted octanol–water partition coefficient (Wildman–Crippen LogP) is 4.02. The van der Waals surface area contributed by atoms with Crippen molar-refractivity contribution >= 4 is 40.5 Å². The maximum Gasteiger partial charge on any atom is 0.161 e. The van der Waals surface area contributed by atoms with Crippen molar-refractivity contribution in [3.8, 4) is 0 Å². The summed E-state index contributed by atoms with van der Waals surface area (Å²) in [6, 6.07) is 20.3. The highest BCUT2D eigenvalue weighted by molar-refractivity contribution is 5.91. The Morgan fingerprint density at radius 1 is 0.903 bits per heavy atom. The Hall–Kier alpha value is -3.71. The molecule has 1 saturated heterocycles. The molecule has 2 aromatic heterocycles. The second-order valence-electron chi connectivity index (χ2n) is 7.75. The fraction of sp³-hybridized carbons (Fsp3) is 0.208. The Morgan fingerprint density at radius 3 is 2.52 bits per heavy atom. The maximum absolute atomic E-state index is 4.83. The zero-order chi connectivity index (χ0) is 21.0. The number of nitrogens with zero attached hydrogens (tertiary/aromatic N) is 5. The van der Waals surface area contributed by atoms with Crippen LogP contribution < -0.4 is 10.2 Å². The lowest BCUT2D eigenvalue weighted by molar-refractivity contribution is 0.312. The van der Waals surface area contributed by atoms with Crippen LogP contribution in [0.3, 0.4) is 0 Å². The van der Waals surface area contributed by atoms with Gasteiger partial charge in [0.15, 0.2) is 11.6 Å². The van der Waals surface area contributed by atoms with Gasteiger partial charge in [0.05, 0.1) is 5.52 Å². The van der Waals surface area contributed by atoms with Crippen molar-refractivity contribution in [2.45, 2.75) is 0 Å². The molecular weight excluding hydrogens is 386 g/mol. The summed E-state index contributed by atoms with van der Waals surface area (Å²) in [4.78, 5) is 14.2. The molecule has 7 nitrogen and oxygen atoms in total. The first-order valence-electron chi connectivity index (χ1n) is 10.5. The normalized spacial score (nSPS) is 15.1. The van der Waals surface area contributed by atoms with Gasteiger partial charge in [-0.25, -0.2) is 9.97 Å². The van der Waals surface area contributed by atoms with E-state index < -0.39 is 0 Å². The molecule has 0 unspecified atom stereocenters. The van der Waals surface area contributed by atoms with Crippen LogP contribution in [0, 0.1) is 0 Å². The van der Waals surface area contributed by atoms with E-state index >= 15 is 0 Å². The average Bonchev–Trinajstić information content (AvgIpc) is 3.21. The second kappa shape index (κ2) is 8.57. The van der Waals surface area contributed by atoms with Crippen LogP contribution in [0.25, 0.3) is 23.1 Å². The average molecular weight is 412 g/mol. The van der Waals surface area contributed by atoms with Gasteiger partial charge >= 0.3 is 0 Å². The fourth-order valence-corrected chi connectivity index (χ4v) is 3.70. The van der Waals surface area contributed by atoms with Crippen molar-refractivity contribution in [2.75, 3.05) is 43.4 Å². The summed E-state index contributed by atoms with van der Waals surface area (Å²) in [7, 11) is 2.15. The lowest BCUT2D eigenvalue weighted by atomic mass is 10.2. The summed E-state index contributed by atoms with van der Waals surface area (Å²) in [6.07, 6.45) is 4.00. The first-order chi connectivity index (χ1) is 15.2. The van der Waals surface area contributed by atoms with Crippen molar-refractivity contribution in [1.29, 1.82) is 0 Å². The van der Waals surface area contributed by atoms with E-state index in [-0.39, 0.29) is 0 Å². The number of anilines is 3. The highest BCUT2D eigenvalue weighted by atomic mass is 15.3. The summed E-state index contributed by atoms with van der Waals surface area (Å²) < 4.78 is 0. The molecule has 0 bridgehead atoms. The number of nitrogens with one attached hydrogen (secondary N) is 2. The quantitative estimate of drug-likeness (QED) is 0.517. The van der Waals surface area contributed by atoms with Crippen molar-refractivity contribution < 1.29 is 0 Å². The molecule has 7 heteroatoms. The summed E-state index contributed by atoms with van der Waals surface area (Å²) >= 11 is 0. The molecule has 1 aliphatic heterocycles. The highest BCUT2D eigenvalue weighted by Crippen LogP contribution is 2.25. The van der Waals surface area contributed by atoms with Crippen LogP contribution in [0.2, 0.25) is 0 Å². The van der Waals surface area contributed by atoms with Gasteiger partial charge in [-0.3, -0.25) is 5.10 Å². The van der Waals surface area contributed by atoms with Gasteiger partial charge in [0.25, 0.3) is 0 Å². The Morgan fingerprint density at radius 2 is 1.68 bits per heavy atom. The van der Waals surface area contributed by atoms with Gasteiger partial charge in [-0.2, -0.15) is 5.10 Å². The van der Waals surface area contributed by atoms with Gasteiger partial charge < -0.3 is 15.1 Å². The van der Waals surface area contributed by atoms with Crippen LogP contribution in [-0.2, 0) is 0 Å². The molecule has 1 fully saturated rings. The van der Waals surface area contributed by atoms with Crippen LogP contribution in [0.4, 0.5) is 17.5 Å². The van der Waals surface area contributed by atoms with Gasteiger partial charge in [-0.05, 0) is 30.8 Å². The molecule has 156 valence electrons. The fourth-order valence-electron chi connectivity index (χ4n) is 3.70. The largest absolute Gasteiger partial charge is 0.354 e. The molecule has 0 atom stereocenters. The monoisotopic (exact) mass is 411 g/mol. The zero-order valence-corrected chi connectivity index (χ0v) is 17.5. The molecule has 0 amide bonds. The van der Waals surface area contributed by atoms with E-state index in [1.54, 1.807) is 0 Å². The number of piperazine rings is 1. The molecule has 1 aliphatic rings. The molecule has 4 aromatic rings. The SMILES string of the molecule is CN1CCN(c2cc(Nc3n[nH]c4ccccc34)nc(/C=C/c3ccccc3)n2)CC1. The Bertz CT molecular complexity index is 1190. The lowest BCUT2D eigenvalue weighted by Gasteiger charge is -2.33. The first kappa shape index (κ1) is 19.3. The zero-order valence-electron chi connectivity index (χ0n) is 17.5. The molecule has 2 N–H and O–H groups in total. The van der Waals surface area contributed by atoms with Crippen LogP contribution in [0.1, 0.15) is 11.4 Å². The number of hydrogen-bond acceptors (Lipinski definition) is 6. The Kier molecular flexibility index (Phi) is 5.33. The standard InChI is InChI=1S/C24H25N7/c1-30-13-15-31(16-14-30)23-17-22(27-24-19-9-5-6-10-20(19)28-29-24)25-21(26-23)12-11-18-7-3-2-4-8-18/h2-12,17H,13-16H2,1H3,(H2,25,26,27,28,29)/b12-11+. The van der Waals surface area contributed by atoms with Gasteiger partial charge in [0.1, 0.15) is 11.6 Å². The number of hydrogen-bond donors (Lipinski definition) is 2. The lowest BCUT2D eigenvalue weighted by Crippen LogP contribution is -2.44. The van der Waals surface area contributed by atoms with Gasteiger partial charge in [0, 0.05) is 37.6 Å². The third kappa shape index (κ3) is 4.41. The van der Waals surface area contributed by atoms with E-state index in [0.717, 1.165) is 60.1 Å². The van der Waals surface area contributed by atoms with Crippen LogP contribution in [0.15, 0.2) is 60.7 Å². The predicted molar refractivity (Wildman–Crippen MR) is 126 cm³/mol. The third-order valence-corrected chi connectivity index (χ3v) is 5.50. The molecule has 2 aromatic carbocycles. The summed E-state index contributed by atoms with van der Waals surface area (Å²) in [5.41, 5.74) is 2.10. The topological polar surface area (TPSA) is 73.0 Å². The van der Waals surface area contributed by atoms with E-state index in [9.17, 15) is 0 Å². The summed E-state index contributed by atoms with van der Waals surface area (Å²) in [5, 5.41) is 11.9. The van der Waals surface area contributed by atoms with Crippen molar-refractivity contribution in [1.82, 2.24) is 25.1 Å². The molecule has 0 radical (unpaired) electrons. The number of para-hydroxylation sites is 1. The molecule has 0 aliphatic carbocycles. The van der Waals surface area contributed by atoms with E-state index in [0.29, 0.717) is 5.82 Å². The second-order valence-corrected chi connectivity index (χ2v) is 7.75. The van der Waals surface area contributed by atoms with E-state index in [1.165, 1.54) is 0 Å². The number of rotatable bonds is 5. The number of fused-ring (bicyclic) bond motifs is 1. The van der Waals surface area contributed by atoms with Crippen molar-refractivity contribution in [3.05, 3.63) is 72.1 Å². The van der Waals surface area contributed by atoms with E-state index in [2.05, 4.69) is 44.5 Å². The molecule has 31 heavy (non-hydrogen) atoms. The summed E-state index contributed by atoms with van der Waals surface area (Å²) in [5.74, 6) is 3.09. The minimum Gasteiger partial charge on any atom is -0.354 e. The summed E-state index contributed by atoms with van der Waals surface area (Å²) in [6.45, 7) is 3.93. The first-order valence-corrected chi connectivity index (χ1v) is 10.5. The highest BCUT2D eigenvalue weighted by Gasteiger charge is 2.17. The van der Waals surface area contributed by atoms with Gasteiger partial charge in [-0.15, -0.1) is 0 Å². The van der Waals surface area contributed by atoms with Gasteiger partial charge in [0.2, 0.25) is 0 Å². The molecule has 3 heterocycles. The van der Waals surface area contributed by atoms with Crippen LogP contribution in [0.5, 0.6) is 0 Å². The number of H-pyrrole nitrogens is 1. The maximum atomic E-state index is 4.83. The van der Waals surface area contributed by atoms with E-state index in [1.807, 2.05) is 60.7 Å². The Balaban J connectivity index is 1.48. The Labute approximate surface area is 181 Å². The van der Waals surface area contributed by atoms with Crippen LogP contribution in [-0.4, -0.2) is 58.3 Å². The van der Waals surface area contributed by atoms with Crippen molar-refractivity contribution in [3.63, 3.8) is 0 Å². The van der Waals surface area contributed by atoms with Crippen molar-refractivity contribution in [2.24, 2.45) is 0 Å². The smallest absolute Gasteiger partial charge is 0.161 e. The third-order valence-electron chi connectivity index (χ3n) is 5.50. The minimum absolute atomic E-state index is 0.669. The number of likely N-dealkylation sites (N-methyl/N-ethyl adjacent to an activating group) is 1. The number of benzene rings is 2. The molecule has 0 saturated carbocycles. The molecule has 5 rings (SSSR count). The molecular formula is C24H25N7. The van der Waals surface area contributed by atoms with Gasteiger partial charge in [-0.1, -0.05) is 48.5 Å². The minimum atomic E-state index is 0.669.